The third-order valence-electron chi connectivity index (χ3n) is 2.41. The highest BCUT2D eigenvalue weighted by Gasteiger charge is 2.12. The van der Waals surface area contributed by atoms with Crippen molar-refractivity contribution in [1.29, 1.82) is 0 Å². The van der Waals surface area contributed by atoms with Crippen LogP contribution >= 0.6 is 0 Å². The second-order valence-electron chi connectivity index (χ2n) is 3.58. The third kappa shape index (κ3) is 2.28. The lowest BCUT2D eigenvalue weighted by molar-refractivity contribution is 0.102. The number of carbonyl (C=O) groups is 1. The molecule has 2 rings (SSSR count). The molecule has 1 heterocycles. The van der Waals surface area contributed by atoms with E-state index in [0.717, 1.165) is 5.56 Å². The minimum Gasteiger partial charge on any atom is -0.495 e. The van der Waals surface area contributed by atoms with Gasteiger partial charge in [0.2, 0.25) is 0 Å². The number of para-hydroxylation sites is 2. The van der Waals surface area contributed by atoms with Crippen LogP contribution in [0.15, 0.2) is 30.5 Å². The maximum atomic E-state index is 11.9. The Labute approximate surface area is 98.8 Å². The largest absolute Gasteiger partial charge is 0.495 e. The van der Waals surface area contributed by atoms with Crippen LogP contribution in [0, 0.1) is 6.92 Å². The third-order valence-corrected chi connectivity index (χ3v) is 2.41. The molecule has 0 saturated carbocycles. The highest BCUT2D eigenvalue weighted by molar-refractivity contribution is 6.04. The minimum atomic E-state index is -0.232. The zero-order valence-electron chi connectivity index (χ0n) is 9.65. The van der Waals surface area contributed by atoms with Gasteiger partial charge in [0, 0.05) is 0 Å². The molecule has 0 unspecified atom stereocenters. The molecular weight excluding hydrogens is 218 g/mol. The molecule has 1 aromatic carbocycles. The maximum absolute atomic E-state index is 11.9. The Morgan fingerprint density at radius 2 is 2.18 bits per heavy atom. The minimum absolute atomic E-state index is 0.232. The molecule has 0 saturated heterocycles. The lowest BCUT2D eigenvalue weighted by atomic mass is 10.2. The molecule has 17 heavy (non-hydrogen) atoms. The molecule has 88 valence electrons. The number of ether oxygens (including phenoxy) is 1. The number of hydrogen-bond acceptors (Lipinski definition) is 3. The van der Waals surface area contributed by atoms with Crippen molar-refractivity contribution in [3.8, 4) is 5.75 Å². The molecule has 0 fully saturated rings. The van der Waals surface area contributed by atoms with E-state index >= 15 is 0 Å². The van der Waals surface area contributed by atoms with Gasteiger partial charge in [-0.3, -0.25) is 9.89 Å². The Morgan fingerprint density at radius 1 is 1.41 bits per heavy atom. The topological polar surface area (TPSA) is 67.0 Å². The fourth-order valence-electron chi connectivity index (χ4n) is 1.51. The van der Waals surface area contributed by atoms with Gasteiger partial charge >= 0.3 is 0 Å². The van der Waals surface area contributed by atoms with Gasteiger partial charge in [-0.1, -0.05) is 12.1 Å². The first-order chi connectivity index (χ1) is 8.22. The molecule has 0 radical (unpaired) electrons. The van der Waals surface area contributed by atoms with Crippen LogP contribution in [-0.4, -0.2) is 23.2 Å². The van der Waals surface area contributed by atoms with Gasteiger partial charge in [-0.05, 0) is 24.6 Å². The summed E-state index contributed by atoms with van der Waals surface area (Å²) in [7, 11) is 1.56. The number of amides is 1. The average molecular weight is 231 g/mol. The number of benzene rings is 1. The van der Waals surface area contributed by atoms with Gasteiger partial charge in [-0.2, -0.15) is 5.10 Å². The van der Waals surface area contributed by atoms with E-state index < -0.39 is 0 Å². The van der Waals surface area contributed by atoms with E-state index in [9.17, 15) is 4.79 Å². The molecule has 1 amide bonds. The van der Waals surface area contributed by atoms with Crippen molar-refractivity contribution in [1.82, 2.24) is 10.2 Å². The predicted molar refractivity (Wildman–Crippen MR) is 64.3 cm³/mol. The van der Waals surface area contributed by atoms with Crippen molar-refractivity contribution in [2.45, 2.75) is 6.92 Å². The number of rotatable bonds is 3. The normalized spacial score (nSPS) is 10.0. The van der Waals surface area contributed by atoms with Crippen LogP contribution in [-0.2, 0) is 0 Å². The van der Waals surface area contributed by atoms with Crippen LogP contribution in [0.4, 0.5) is 5.69 Å². The smallest absolute Gasteiger partial charge is 0.274 e. The van der Waals surface area contributed by atoms with Crippen molar-refractivity contribution in [2.75, 3.05) is 12.4 Å². The fraction of sp³-hybridized carbons (Fsp3) is 0.167. The standard InChI is InChI=1S/C12H13N3O2/c1-8-7-13-15-11(8)12(16)14-9-5-3-4-6-10(9)17-2/h3-7H,1-2H3,(H,13,15)(H,14,16). The SMILES string of the molecule is COc1ccccc1NC(=O)c1[nH]ncc1C. The number of anilines is 1. The number of nitrogens with one attached hydrogen (secondary N) is 2. The first kappa shape index (κ1) is 11.2. The van der Waals surface area contributed by atoms with Gasteiger partial charge in [0.25, 0.3) is 5.91 Å². The molecule has 0 aliphatic heterocycles. The predicted octanol–water partition coefficient (Wildman–Crippen LogP) is 1.98. The summed E-state index contributed by atoms with van der Waals surface area (Å²) in [5.41, 5.74) is 1.89. The van der Waals surface area contributed by atoms with Gasteiger partial charge in [-0.15, -0.1) is 0 Å². The van der Waals surface area contributed by atoms with Gasteiger partial charge < -0.3 is 10.1 Å². The van der Waals surface area contributed by atoms with Crippen LogP contribution in [0.5, 0.6) is 5.75 Å². The molecule has 5 heteroatoms. The monoisotopic (exact) mass is 231 g/mol. The Balaban J connectivity index is 2.22. The van der Waals surface area contributed by atoms with Gasteiger partial charge in [0.1, 0.15) is 11.4 Å². The molecule has 0 aliphatic carbocycles. The van der Waals surface area contributed by atoms with E-state index in [2.05, 4.69) is 15.5 Å². The van der Waals surface area contributed by atoms with Crippen molar-refractivity contribution < 1.29 is 9.53 Å². The molecular formula is C12H13N3O2. The Kier molecular flexibility index (Phi) is 3.09. The zero-order valence-corrected chi connectivity index (χ0v) is 9.65. The first-order valence-electron chi connectivity index (χ1n) is 5.16. The van der Waals surface area contributed by atoms with Crippen LogP contribution < -0.4 is 10.1 Å². The van der Waals surface area contributed by atoms with Crippen molar-refractivity contribution in [3.05, 3.63) is 41.7 Å². The van der Waals surface area contributed by atoms with Gasteiger partial charge in [0.15, 0.2) is 0 Å². The molecule has 0 spiro atoms. The van der Waals surface area contributed by atoms with Gasteiger partial charge in [0.05, 0.1) is 19.0 Å². The number of hydrogen-bond donors (Lipinski definition) is 2. The summed E-state index contributed by atoms with van der Waals surface area (Å²) >= 11 is 0. The number of aryl methyl sites for hydroxylation is 1. The summed E-state index contributed by atoms with van der Waals surface area (Å²) in [5.74, 6) is 0.391. The van der Waals surface area contributed by atoms with E-state index in [1.165, 1.54) is 0 Å². The van der Waals surface area contributed by atoms with Crippen LogP contribution in [0.2, 0.25) is 0 Å². The highest BCUT2D eigenvalue weighted by atomic mass is 16.5. The summed E-state index contributed by atoms with van der Waals surface area (Å²) in [6.45, 7) is 1.82. The van der Waals surface area contributed by atoms with Crippen molar-refractivity contribution in [3.63, 3.8) is 0 Å². The van der Waals surface area contributed by atoms with E-state index in [4.69, 9.17) is 4.74 Å². The first-order valence-corrected chi connectivity index (χ1v) is 5.16. The molecule has 2 N–H and O–H groups in total. The molecule has 1 aromatic heterocycles. The fourth-order valence-corrected chi connectivity index (χ4v) is 1.51. The van der Waals surface area contributed by atoms with Crippen LogP contribution in [0.3, 0.4) is 0 Å². The summed E-state index contributed by atoms with van der Waals surface area (Å²) < 4.78 is 5.15. The Bertz CT molecular complexity index is 534. The lowest BCUT2D eigenvalue weighted by Gasteiger charge is -2.09. The second-order valence-corrected chi connectivity index (χ2v) is 3.58. The lowest BCUT2D eigenvalue weighted by Crippen LogP contribution is -2.14. The van der Waals surface area contributed by atoms with E-state index in [1.54, 1.807) is 25.4 Å². The Morgan fingerprint density at radius 3 is 2.82 bits per heavy atom. The number of aromatic nitrogens is 2. The summed E-state index contributed by atoms with van der Waals surface area (Å²) in [6.07, 6.45) is 1.61. The van der Waals surface area contributed by atoms with Crippen molar-refractivity contribution >= 4 is 11.6 Å². The number of aromatic amines is 1. The van der Waals surface area contributed by atoms with Crippen molar-refractivity contribution in [2.24, 2.45) is 0 Å². The van der Waals surface area contributed by atoms with Gasteiger partial charge in [-0.25, -0.2) is 0 Å². The molecule has 0 atom stereocenters. The molecule has 0 bridgehead atoms. The van der Waals surface area contributed by atoms with Crippen LogP contribution in [0.1, 0.15) is 16.1 Å². The average Bonchev–Trinajstić information content (AvgIpc) is 2.76. The second kappa shape index (κ2) is 4.69. The summed E-state index contributed by atoms with van der Waals surface area (Å²) in [4.78, 5) is 11.9. The molecule has 2 aromatic rings. The molecule has 5 nitrogen and oxygen atoms in total. The number of carbonyl (C=O) groups excluding carboxylic acids is 1. The summed E-state index contributed by atoms with van der Waals surface area (Å²) in [5, 5.41) is 9.24. The molecule has 0 aliphatic rings. The highest BCUT2D eigenvalue weighted by Crippen LogP contribution is 2.23. The van der Waals surface area contributed by atoms with E-state index in [-0.39, 0.29) is 5.91 Å². The van der Waals surface area contributed by atoms with E-state index in [1.807, 2.05) is 19.1 Å². The summed E-state index contributed by atoms with van der Waals surface area (Å²) in [6, 6.07) is 7.24. The number of methoxy groups -OCH3 is 1. The van der Waals surface area contributed by atoms with Crippen LogP contribution in [0.25, 0.3) is 0 Å². The maximum Gasteiger partial charge on any atom is 0.274 e. The number of H-pyrrole nitrogens is 1. The number of nitrogens with zero attached hydrogens (tertiary/aromatic N) is 1. The van der Waals surface area contributed by atoms with E-state index in [0.29, 0.717) is 17.1 Å². The Hall–Kier alpha value is -2.30. The zero-order chi connectivity index (χ0) is 12.3. The quantitative estimate of drug-likeness (QED) is 0.848.